The van der Waals surface area contributed by atoms with Gasteiger partial charge in [-0.1, -0.05) is 0 Å². The van der Waals surface area contributed by atoms with Crippen LogP contribution in [0.5, 0.6) is 5.75 Å². The Labute approximate surface area is 116 Å². The molecule has 0 spiro atoms. The molecule has 0 bridgehead atoms. The van der Waals surface area contributed by atoms with Crippen LogP contribution in [-0.4, -0.2) is 44.5 Å². The molecule has 0 heterocycles. The van der Waals surface area contributed by atoms with E-state index in [0.29, 0.717) is 5.69 Å². The molecule has 7 nitrogen and oxygen atoms in total. The Morgan fingerprint density at radius 2 is 2.00 bits per heavy atom. The Hall–Kier alpha value is -2.09. The van der Waals surface area contributed by atoms with Gasteiger partial charge in [0.1, 0.15) is 21.2 Å². The zero-order valence-corrected chi connectivity index (χ0v) is 11.9. The van der Waals surface area contributed by atoms with Gasteiger partial charge in [-0.3, -0.25) is 4.79 Å². The van der Waals surface area contributed by atoms with Crippen LogP contribution < -0.4 is 10.1 Å². The number of amides is 1. The maximum atomic E-state index is 11.5. The molecule has 8 heteroatoms. The van der Waals surface area contributed by atoms with Crippen molar-refractivity contribution in [3.63, 3.8) is 0 Å². The van der Waals surface area contributed by atoms with Crippen LogP contribution in [0.15, 0.2) is 18.2 Å². The number of anilines is 1. The predicted molar refractivity (Wildman–Crippen MR) is 72.9 cm³/mol. The average molecular weight is 301 g/mol. The zero-order valence-electron chi connectivity index (χ0n) is 11.0. The highest BCUT2D eigenvalue weighted by Gasteiger charge is 2.13. The summed E-state index contributed by atoms with van der Waals surface area (Å²) in [5, 5.41) is 11.4. The zero-order chi connectivity index (χ0) is 15.3. The summed E-state index contributed by atoms with van der Waals surface area (Å²) < 4.78 is 26.8. The number of carboxylic acid groups (broad SMARTS) is 1. The number of hydrogen-bond donors (Lipinski definition) is 2. The van der Waals surface area contributed by atoms with Crippen LogP contribution in [0, 0.1) is 0 Å². The maximum Gasteiger partial charge on any atom is 0.339 e. The van der Waals surface area contributed by atoms with Gasteiger partial charge in [-0.15, -0.1) is 0 Å². The number of rotatable bonds is 6. The number of sulfone groups is 1. The molecule has 0 unspecified atom stereocenters. The van der Waals surface area contributed by atoms with Crippen LogP contribution in [0.2, 0.25) is 0 Å². The molecule has 0 aliphatic heterocycles. The number of carboxylic acids is 1. The fourth-order valence-electron chi connectivity index (χ4n) is 1.45. The Bertz CT molecular complexity index is 623. The number of benzene rings is 1. The molecule has 0 radical (unpaired) electrons. The van der Waals surface area contributed by atoms with E-state index in [1.807, 2.05) is 0 Å². The van der Waals surface area contributed by atoms with Gasteiger partial charge in [0.25, 0.3) is 0 Å². The number of methoxy groups -OCH3 is 1. The van der Waals surface area contributed by atoms with Crippen molar-refractivity contribution in [1.82, 2.24) is 0 Å². The van der Waals surface area contributed by atoms with E-state index in [1.54, 1.807) is 0 Å². The molecule has 2 N–H and O–H groups in total. The highest BCUT2D eigenvalue weighted by molar-refractivity contribution is 7.90. The number of carbonyl (C=O) groups excluding carboxylic acids is 1. The summed E-state index contributed by atoms with van der Waals surface area (Å²) in [7, 11) is -1.89. The number of carbonyl (C=O) groups is 2. The van der Waals surface area contributed by atoms with Crippen molar-refractivity contribution in [3.05, 3.63) is 23.8 Å². The third-order valence-electron chi connectivity index (χ3n) is 2.42. The minimum absolute atomic E-state index is 0.0263. The molecule has 1 aromatic rings. The van der Waals surface area contributed by atoms with E-state index in [-0.39, 0.29) is 23.5 Å². The van der Waals surface area contributed by atoms with Gasteiger partial charge in [-0.05, 0) is 12.1 Å². The predicted octanol–water partition coefficient (Wildman–Crippen LogP) is 0.767. The second kappa shape index (κ2) is 6.38. The van der Waals surface area contributed by atoms with E-state index in [9.17, 15) is 18.0 Å². The largest absolute Gasteiger partial charge is 0.496 e. The first kappa shape index (κ1) is 16.0. The average Bonchev–Trinajstić information content (AvgIpc) is 2.35. The lowest BCUT2D eigenvalue weighted by Gasteiger charge is -2.09. The van der Waals surface area contributed by atoms with Crippen molar-refractivity contribution in [1.29, 1.82) is 0 Å². The van der Waals surface area contributed by atoms with Crippen LogP contribution in [0.1, 0.15) is 16.8 Å². The first-order valence-corrected chi connectivity index (χ1v) is 7.68. The molecule has 20 heavy (non-hydrogen) atoms. The number of ether oxygens (including phenoxy) is 1. The van der Waals surface area contributed by atoms with E-state index in [0.717, 1.165) is 6.26 Å². The summed E-state index contributed by atoms with van der Waals surface area (Å²) in [6.07, 6.45) is 0.882. The van der Waals surface area contributed by atoms with E-state index in [2.05, 4.69) is 5.32 Å². The topological polar surface area (TPSA) is 110 Å². The third kappa shape index (κ3) is 4.88. The summed E-state index contributed by atoms with van der Waals surface area (Å²) >= 11 is 0. The van der Waals surface area contributed by atoms with E-state index >= 15 is 0 Å². The van der Waals surface area contributed by atoms with Gasteiger partial charge in [0, 0.05) is 24.4 Å². The standard InChI is InChI=1S/C12H15NO6S/c1-19-10-7-8(3-4-9(10)12(15)16)13-11(14)5-6-20(2,17)18/h3-4,7H,5-6H2,1-2H3,(H,13,14)(H,15,16). The normalized spacial score (nSPS) is 10.9. The molecular formula is C12H15NO6S. The Balaban J connectivity index is 2.78. The van der Waals surface area contributed by atoms with E-state index in [4.69, 9.17) is 9.84 Å². The van der Waals surface area contributed by atoms with Gasteiger partial charge in [0.15, 0.2) is 0 Å². The summed E-state index contributed by atoms with van der Waals surface area (Å²) in [5.74, 6) is -1.75. The van der Waals surface area contributed by atoms with Crippen LogP contribution in [-0.2, 0) is 14.6 Å². The van der Waals surface area contributed by atoms with Crippen molar-refractivity contribution in [2.45, 2.75) is 6.42 Å². The van der Waals surface area contributed by atoms with Gasteiger partial charge < -0.3 is 15.2 Å². The highest BCUT2D eigenvalue weighted by atomic mass is 32.2. The van der Waals surface area contributed by atoms with Crippen LogP contribution >= 0.6 is 0 Å². The lowest BCUT2D eigenvalue weighted by atomic mass is 10.2. The summed E-state index contributed by atoms with van der Waals surface area (Å²) in [4.78, 5) is 22.4. The van der Waals surface area contributed by atoms with Crippen LogP contribution in [0.4, 0.5) is 5.69 Å². The molecular weight excluding hydrogens is 286 g/mol. The summed E-state index contributed by atoms with van der Waals surface area (Å²) in [6, 6.07) is 4.07. The minimum atomic E-state index is -3.21. The van der Waals surface area contributed by atoms with Gasteiger partial charge >= 0.3 is 5.97 Å². The van der Waals surface area contributed by atoms with Crippen molar-refractivity contribution >= 4 is 27.4 Å². The van der Waals surface area contributed by atoms with Gasteiger partial charge in [0.2, 0.25) is 5.91 Å². The first-order chi connectivity index (χ1) is 9.23. The SMILES string of the molecule is COc1cc(NC(=O)CCS(C)(=O)=O)ccc1C(=O)O. The Morgan fingerprint density at radius 3 is 2.50 bits per heavy atom. The molecule has 0 saturated heterocycles. The molecule has 0 aliphatic rings. The molecule has 0 aliphatic carbocycles. The minimum Gasteiger partial charge on any atom is -0.496 e. The van der Waals surface area contributed by atoms with E-state index < -0.39 is 21.7 Å². The monoisotopic (exact) mass is 301 g/mol. The van der Waals surface area contributed by atoms with Gasteiger partial charge in [-0.2, -0.15) is 0 Å². The van der Waals surface area contributed by atoms with Crippen molar-refractivity contribution in [3.8, 4) is 5.75 Å². The number of nitrogens with one attached hydrogen (secondary N) is 1. The molecule has 0 saturated carbocycles. The molecule has 0 atom stereocenters. The van der Waals surface area contributed by atoms with Crippen molar-refractivity contribution in [2.75, 3.05) is 24.4 Å². The molecule has 110 valence electrons. The molecule has 1 amide bonds. The fraction of sp³-hybridized carbons (Fsp3) is 0.333. The lowest BCUT2D eigenvalue weighted by Crippen LogP contribution is -2.16. The van der Waals surface area contributed by atoms with Crippen molar-refractivity contribution < 1.29 is 27.9 Å². The highest BCUT2D eigenvalue weighted by Crippen LogP contribution is 2.23. The van der Waals surface area contributed by atoms with E-state index in [1.165, 1.54) is 25.3 Å². The molecule has 0 fully saturated rings. The van der Waals surface area contributed by atoms with Crippen LogP contribution in [0.25, 0.3) is 0 Å². The maximum absolute atomic E-state index is 11.5. The fourth-order valence-corrected chi connectivity index (χ4v) is 2.00. The first-order valence-electron chi connectivity index (χ1n) is 5.62. The second-order valence-electron chi connectivity index (χ2n) is 4.15. The van der Waals surface area contributed by atoms with Gasteiger partial charge in [-0.25, -0.2) is 13.2 Å². The number of hydrogen-bond acceptors (Lipinski definition) is 5. The second-order valence-corrected chi connectivity index (χ2v) is 6.41. The molecule has 1 aromatic carbocycles. The molecule has 1 rings (SSSR count). The Morgan fingerprint density at radius 1 is 1.35 bits per heavy atom. The lowest BCUT2D eigenvalue weighted by molar-refractivity contribution is -0.115. The smallest absolute Gasteiger partial charge is 0.339 e. The molecule has 0 aromatic heterocycles. The summed E-state index contributed by atoms with van der Waals surface area (Å²) in [6.45, 7) is 0. The van der Waals surface area contributed by atoms with Crippen LogP contribution in [0.3, 0.4) is 0 Å². The summed E-state index contributed by atoms with van der Waals surface area (Å²) in [5.41, 5.74) is 0.312. The Kier molecular flexibility index (Phi) is 5.09. The number of aromatic carboxylic acids is 1. The third-order valence-corrected chi connectivity index (χ3v) is 3.36. The quantitative estimate of drug-likeness (QED) is 0.803. The van der Waals surface area contributed by atoms with Gasteiger partial charge in [0.05, 0.1) is 12.9 Å². The van der Waals surface area contributed by atoms with Crippen molar-refractivity contribution in [2.24, 2.45) is 0 Å².